The average Bonchev–Trinajstić information content (AvgIpc) is 2.15. The van der Waals surface area contributed by atoms with Crippen LogP contribution in [0, 0.1) is 6.92 Å². The topological polar surface area (TPSA) is 29.3 Å². The molecule has 0 bridgehead atoms. The molecule has 1 atom stereocenters. The van der Waals surface area contributed by atoms with Gasteiger partial charge in [-0.3, -0.25) is 0 Å². The number of aryl methyl sites for hydroxylation is 1. The number of likely N-dealkylation sites (N-methyl/N-ethyl adjacent to an activating group) is 1. The molecule has 0 aliphatic rings. The molecule has 96 valence electrons. The molecule has 0 radical (unpaired) electrons. The summed E-state index contributed by atoms with van der Waals surface area (Å²) in [6.45, 7) is 9.72. The second-order valence-electron chi connectivity index (χ2n) is 6.19. The Morgan fingerprint density at radius 3 is 2.29 bits per heavy atom. The van der Waals surface area contributed by atoms with E-state index in [-0.39, 0.29) is 11.5 Å². The molecular weight excluding hydrogens is 208 g/mol. The van der Waals surface area contributed by atoms with Crippen LogP contribution in [0.25, 0.3) is 0 Å². The zero-order valence-electron chi connectivity index (χ0n) is 12.0. The Bertz CT molecular complexity index is 375. The summed E-state index contributed by atoms with van der Waals surface area (Å²) in [4.78, 5) is 2.13. The van der Waals surface area contributed by atoms with E-state index < -0.39 is 0 Å². The number of benzene rings is 1. The fourth-order valence-corrected chi connectivity index (χ4v) is 2.00. The lowest BCUT2D eigenvalue weighted by Gasteiger charge is -2.24. The molecule has 2 heteroatoms. The fraction of sp³-hybridized carbons (Fsp3) is 0.600. The first kappa shape index (κ1) is 14.2. The summed E-state index contributed by atoms with van der Waals surface area (Å²) in [7, 11) is 4.12. The zero-order valence-corrected chi connectivity index (χ0v) is 12.0. The monoisotopic (exact) mass is 234 g/mol. The van der Waals surface area contributed by atoms with Gasteiger partial charge >= 0.3 is 0 Å². The number of nitrogens with two attached hydrogens (primary N) is 1. The molecule has 0 saturated heterocycles. The molecule has 0 aromatic heterocycles. The van der Waals surface area contributed by atoms with Crippen molar-refractivity contribution in [2.24, 2.45) is 5.73 Å². The predicted molar refractivity (Wildman–Crippen MR) is 75.4 cm³/mol. The van der Waals surface area contributed by atoms with Gasteiger partial charge in [0.15, 0.2) is 0 Å². The molecule has 0 aliphatic heterocycles. The summed E-state index contributed by atoms with van der Waals surface area (Å²) in [6.07, 6.45) is 0. The second-order valence-corrected chi connectivity index (χ2v) is 6.19. The van der Waals surface area contributed by atoms with Crippen molar-refractivity contribution in [3.8, 4) is 0 Å². The molecule has 1 aromatic rings. The number of hydrogen-bond donors (Lipinski definition) is 1. The maximum absolute atomic E-state index is 6.27. The van der Waals surface area contributed by atoms with Gasteiger partial charge in [-0.25, -0.2) is 0 Å². The van der Waals surface area contributed by atoms with E-state index in [1.165, 1.54) is 16.7 Å². The zero-order chi connectivity index (χ0) is 13.2. The number of nitrogens with zero attached hydrogens (tertiary/aromatic N) is 1. The molecule has 17 heavy (non-hydrogen) atoms. The Labute approximate surface area is 106 Å². The molecule has 1 unspecified atom stereocenters. The van der Waals surface area contributed by atoms with Gasteiger partial charge in [0.2, 0.25) is 0 Å². The van der Waals surface area contributed by atoms with Crippen molar-refractivity contribution < 1.29 is 0 Å². The van der Waals surface area contributed by atoms with Gasteiger partial charge in [0.25, 0.3) is 0 Å². The van der Waals surface area contributed by atoms with Crippen molar-refractivity contribution in [2.75, 3.05) is 20.6 Å². The van der Waals surface area contributed by atoms with Crippen LogP contribution in [0.3, 0.4) is 0 Å². The Morgan fingerprint density at radius 1 is 1.24 bits per heavy atom. The van der Waals surface area contributed by atoms with E-state index in [1.54, 1.807) is 0 Å². The lowest BCUT2D eigenvalue weighted by molar-refractivity contribution is 0.376. The standard InChI is InChI=1S/C15H26N2/c1-11-7-8-12(15(2,3)4)9-13(11)14(16)10-17(5)6/h7-9,14H,10,16H2,1-6H3. The first-order chi connectivity index (χ1) is 7.71. The van der Waals surface area contributed by atoms with Gasteiger partial charge in [-0.2, -0.15) is 0 Å². The third-order valence-corrected chi connectivity index (χ3v) is 3.11. The lowest BCUT2D eigenvalue weighted by Crippen LogP contribution is -2.27. The summed E-state index contributed by atoms with van der Waals surface area (Å²) in [5, 5.41) is 0. The van der Waals surface area contributed by atoms with Crippen LogP contribution >= 0.6 is 0 Å². The Kier molecular flexibility index (Phi) is 4.34. The molecular formula is C15H26N2. The van der Waals surface area contributed by atoms with E-state index in [0.29, 0.717) is 0 Å². The third kappa shape index (κ3) is 3.83. The van der Waals surface area contributed by atoms with Gasteiger partial charge in [0.1, 0.15) is 0 Å². The van der Waals surface area contributed by atoms with E-state index in [1.807, 2.05) is 0 Å². The minimum atomic E-state index is 0.0901. The molecule has 0 heterocycles. The van der Waals surface area contributed by atoms with E-state index in [2.05, 4.69) is 64.9 Å². The SMILES string of the molecule is Cc1ccc(C(C)(C)C)cc1C(N)CN(C)C. The largest absolute Gasteiger partial charge is 0.323 e. The molecule has 0 aliphatic carbocycles. The highest BCUT2D eigenvalue weighted by atomic mass is 15.1. The summed E-state index contributed by atoms with van der Waals surface area (Å²) in [5.41, 5.74) is 10.4. The van der Waals surface area contributed by atoms with E-state index in [0.717, 1.165) is 6.54 Å². The minimum absolute atomic E-state index is 0.0901. The van der Waals surface area contributed by atoms with Crippen LogP contribution in [0.2, 0.25) is 0 Å². The van der Waals surface area contributed by atoms with Crippen LogP contribution in [-0.2, 0) is 5.41 Å². The molecule has 0 amide bonds. The first-order valence-corrected chi connectivity index (χ1v) is 6.23. The Morgan fingerprint density at radius 2 is 1.82 bits per heavy atom. The molecule has 2 N–H and O–H groups in total. The first-order valence-electron chi connectivity index (χ1n) is 6.23. The molecule has 0 saturated carbocycles. The van der Waals surface area contributed by atoms with Gasteiger partial charge in [-0.05, 0) is 43.1 Å². The molecule has 2 nitrogen and oxygen atoms in total. The molecule has 0 spiro atoms. The number of rotatable bonds is 3. The summed E-state index contributed by atoms with van der Waals surface area (Å²) in [5.74, 6) is 0. The maximum Gasteiger partial charge on any atom is 0.0426 e. The predicted octanol–water partition coefficient (Wildman–Crippen LogP) is 2.85. The van der Waals surface area contributed by atoms with E-state index >= 15 is 0 Å². The molecule has 1 aromatic carbocycles. The third-order valence-electron chi connectivity index (χ3n) is 3.11. The summed E-state index contributed by atoms with van der Waals surface area (Å²) in [6, 6.07) is 6.75. The van der Waals surface area contributed by atoms with E-state index in [4.69, 9.17) is 5.73 Å². The van der Waals surface area contributed by atoms with Crippen LogP contribution < -0.4 is 5.73 Å². The fourth-order valence-electron chi connectivity index (χ4n) is 2.00. The highest BCUT2D eigenvalue weighted by Gasteiger charge is 2.17. The van der Waals surface area contributed by atoms with Crippen molar-refractivity contribution in [3.05, 3.63) is 34.9 Å². The smallest absolute Gasteiger partial charge is 0.0426 e. The lowest BCUT2D eigenvalue weighted by atomic mass is 9.84. The van der Waals surface area contributed by atoms with Crippen molar-refractivity contribution in [1.82, 2.24) is 4.90 Å². The minimum Gasteiger partial charge on any atom is -0.323 e. The van der Waals surface area contributed by atoms with Crippen molar-refractivity contribution in [3.63, 3.8) is 0 Å². The highest BCUT2D eigenvalue weighted by Crippen LogP contribution is 2.26. The van der Waals surface area contributed by atoms with Crippen molar-refractivity contribution >= 4 is 0 Å². The second kappa shape index (κ2) is 5.19. The maximum atomic E-state index is 6.27. The van der Waals surface area contributed by atoms with Crippen molar-refractivity contribution in [2.45, 2.75) is 39.2 Å². The van der Waals surface area contributed by atoms with E-state index in [9.17, 15) is 0 Å². The van der Waals surface area contributed by atoms with Crippen LogP contribution in [0.4, 0.5) is 0 Å². The van der Waals surface area contributed by atoms with Gasteiger partial charge < -0.3 is 10.6 Å². The van der Waals surface area contributed by atoms with Gasteiger partial charge in [-0.15, -0.1) is 0 Å². The number of hydrogen-bond acceptors (Lipinski definition) is 2. The summed E-state index contributed by atoms with van der Waals surface area (Å²) >= 11 is 0. The van der Waals surface area contributed by atoms with Gasteiger partial charge in [0, 0.05) is 12.6 Å². The van der Waals surface area contributed by atoms with Crippen molar-refractivity contribution in [1.29, 1.82) is 0 Å². The van der Waals surface area contributed by atoms with Crippen LogP contribution in [0.5, 0.6) is 0 Å². The normalized spacial score (nSPS) is 14.1. The van der Waals surface area contributed by atoms with Crippen LogP contribution in [0.1, 0.15) is 43.5 Å². The summed E-state index contributed by atoms with van der Waals surface area (Å²) < 4.78 is 0. The van der Waals surface area contributed by atoms with Gasteiger partial charge in [0.05, 0.1) is 0 Å². The molecule has 0 fully saturated rings. The Hall–Kier alpha value is -0.860. The Balaban J connectivity index is 3.06. The quantitative estimate of drug-likeness (QED) is 0.871. The molecule has 1 rings (SSSR count). The average molecular weight is 234 g/mol. The highest BCUT2D eigenvalue weighted by molar-refractivity contribution is 5.36. The van der Waals surface area contributed by atoms with Gasteiger partial charge in [-0.1, -0.05) is 39.0 Å². The van der Waals surface area contributed by atoms with Crippen LogP contribution in [0.15, 0.2) is 18.2 Å². The van der Waals surface area contributed by atoms with Crippen LogP contribution in [-0.4, -0.2) is 25.5 Å².